The molecule has 0 aliphatic rings. The molecule has 6 heteroatoms. The van der Waals surface area contributed by atoms with Gasteiger partial charge in [-0.25, -0.2) is 0 Å². The lowest BCUT2D eigenvalue weighted by Crippen LogP contribution is -2.21. The largest absolute Gasteiger partial charge is 0.464 e. The number of methoxy groups -OCH3 is 1. The van der Waals surface area contributed by atoms with E-state index in [9.17, 15) is 0 Å². The summed E-state index contributed by atoms with van der Waals surface area (Å²) in [5.74, 6) is 0. The van der Waals surface area contributed by atoms with Crippen LogP contribution >= 0.6 is 11.3 Å². The number of ether oxygens (including phenoxy) is 1. The van der Waals surface area contributed by atoms with Gasteiger partial charge < -0.3 is 14.5 Å². The lowest BCUT2D eigenvalue weighted by molar-refractivity contribution is 0.199. The first-order valence-electron chi connectivity index (χ1n) is 6.87. The normalized spacial score (nSPS) is 11.3. The van der Waals surface area contributed by atoms with Gasteiger partial charge in [0.15, 0.2) is 5.01 Å². The van der Waals surface area contributed by atoms with Gasteiger partial charge in [-0.1, -0.05) is 29.5 Å². The van der Waals surface area contributed by atoms with Crippen molar-refractivity contribution in [2.24, 2.45) is 0 Å². The van der Waals surface area contributed by atoms with Gasteiger partial charge in [-0.05, 0) is 6.07 Å². The molecule has 0 saturated carbocycles. The zero-order valence-electron chi connectivity index (χ0n) is 11.8. The summed E-state index contributed by atoms with van der Waals surface area (Å²) in [7, 11) is 1.70. The van der Waals surface area contributed by atoms with Gasteiger partial charge in [0.25, 0.3) is 0 Å². The second-order valence-electron chi connectivity index (χ2n) is 4.64. The number of hydrogen-bond acceptors (Lipinski definition) is 6. The summed E-state index contributed by atoms with van der Waals surface area (Å²) in [4.78, 5) is 0. The van der Waals surface area contributed by atoms with Gasteiger partial charge in [0.1, 0.15) is 16.9 Å². The Morgan fingerprint density at radius 3 is 3.05 bits per heavy atom. The Bertz CT molecular complexity index is 708. The van der Waals surface area contributed by atoms with Crippen LogP contribution in [0.4, 0.5) is 0 Å². The number of hydrogen-bond donors (Lipinski definition) is 1. The minimum absolute atomic E-state index is 0.725. The summed E-state index contributed by atoms with van der Waals surface area (Å²) in [6, 6.07) is 7.97. The summed E-state index contributed by atoms with van der Waals surface area (Å²) >= 11 is 1.62. The van der Waals surface area contributed by atoms with Crippen LogP contribution in [0.5, 0.6) is 0 Å². The molecule has 0 amide bonds. The van der Waals surface area contributed by atoms with Crippen LogP contribution in [0.1, 0.15) is 5.01 Å². The lowest BCUT2D eigenvalue weighted by atomic mass is 10.2. The highest BCUT2D eigenvalue weighted by Crippen LogP contribution is 2.32. The van der Waals surface area contributed by atoms with Gasteiger partial charge in [-0.2, -0.15) is 0 Å². The third kappa shape index (κ3) is 3.29. The molecular weight excluding hydrogens is 286 g/mol. The highest BCUT2D eigenvalue weighted by molar-refractivity contribution is 7.14. The topological polar surface area (TPSA) is 60.2 Å². The van der Waals surface area contributed by atoms with Gasteiger partial charge in [-0.3, -0.25) is 0 Å². The highest BCUT2D eigenvalue weighted by atomic mass is 32.1. The van der Waals surface area contributed by atoms with Crippen LogP contribution in [0.15, 0.2) is 34.9 Å². The van der Waals surface area contributed by atoms with Crippen LogP contribution in [0, 0.1) is 0 Å². The van der Waals surface area contributed by atoms with Gasteiger partial charge >= 0.3 is 0 Å². The highest BCUT2D eigenvalue weighted by Gasteiger charge is 2.12. The van der Waals surface area contributed by atoms with E-state index >= 15 is 0 Å². The molecule has 0 fully saturated rings. The standard InChI is InChI=1S/C15H17N3O2S/c1-19-9-8-16-7-6-14-17-18-15(21-14)12-10-20-13-5-3-2-4-11(12)13/h2-5,10,16H,6-9H2,1H3. The van der Waals surface area contributed by atoms with E-state index in [2.05, 4.69) is 15.5 Å². The quantitative estimate of drug-likeness (QED) is 0.680. The first-order chi connectivity index (χ1) is 10.4. The van der Waals surface area contributed by atoms with E-state index < -0.39 is 0 Å². The smallest absolute Gasteiger partial charge is 0.151 e. The Morgan fingerprint density at radius 2 is 2.14 bits per heavy atom. The summed E-state index contributed by atoms with van der Waals surface area (Å²) in [5.41, 5.74) is 1.90. The fourth-order valence-electron chi connectivity index (χ4n) is 2.10. The SMILES string of the molecule is COCCNCCc1nnc(-c2coc3ccccc23)s1. The first-order valence-corrected chi connectivity index (χ1v) is 7.69. The molecule has 0 aliphatic carbocycles. The summed E-state index contributed by atoms with van der Waals surface area (Å²) in [6.07, 6.45) is 2.63. The Hall–Kier alpha value is -1.76. The van der Waals surface area contributed by atoms with Crippen LogP contribution in [0.3, 0.4) is 0 Å². The number of nitrogens with zero attached hydrogens (tertiary/aromatic N) is 2. The van der Waals surface area contributed by atoms with Crippen LogP contribution in [-0.2, 0) is 11.2 Å². The minimum atomic E-state index is 0.725. The third-order valence-electron chi connectivity index (χ3n) is 3.18. The number of fused-ring (bicyclic) bond motifs is 1. The first kappa shape index (κ1) is 14.2. The van der Waals surface area contributed by atoms with E-state index in [1.807, 2.05) is 24.3 Å². The van der Waals surface area contributed by atoms with Crippen molar-refractivity contribution < 1.29 is 9.15 Å². The molecule has 0 saturated heterocycles. The van der Waals surface area contributed by atoms with E-state index in [4.69, 9.17) is 9.15 Å². The molecule has 1 N–H and O–H groups in total. The zero-order valence-corrected chi connectivity index (χ0v) is 12.7. The molecule has 3 aromatic rings. The molecule has 0 unspecified atom stereocenters. The van der Waals surface area contributed by atoms with Crippen molar-refractivity contribution in [2.45, 2.75) is 6.42 Å². The number of rotatable bonds is 7. The zero-order chi connectivity index (χ0) is 14.5. The van der Waals surface area contributed by atoms with E-state index in [-0.39, 0.29) is 0 Å². The Morgan fingerprint density at radius 1 is 1.24 bits per heavy atom. The predicted molar refractivity (Wildman–Crippen MR) is 83.6 cm³/mol. The molecule has 2 heterocycles. The molecule has 0 aliphatic heterocycles. The van der Waals surface area contributed by atoms with E-state index in [1.54, 1.807) is 24.7 Å². The molecule has 0 bridgehead atoms. The maximum atomic E-state index is 5.55. The van der Waals surface area contributed by atoms with E-state index in [1.165, 1.54) is 0 Å². The molecule has 3 rings (SSSR count). The van der Waals surface area contributed by atoms with Gasteiger partial charge in [0.2, 0.25) is 0 Å². The second-order valence-corrected chi connectivity index (χ2v) is 5.70. The Labute approximate surface area is 127 Å². The molecule has 2 aromatic heterocycles. The van der Waals surface area contributed by atoms with Crippen molar-refractivity contribution in [3.63, 3.8) is 0 Å². The monoisotopic (exact) mass is 303 g/mol. The second kappa shape index (κ2) is 6.80. The molecule has 0 radical (unpaired) electrons. The Kier molecular flexibility index (Phi) is 4.59. The fraction of sp³-hybridized carbons (Fsp3) is 0.333. The summed E-state index contributed by atoms with van der Waals surface area (Å²) < 4.78 is 10.5. The van der Waals surface area contributed by atoms with Crippen LogP contribution < -0.4 is 5.32 Å². The lowest BCUT2D eigenvalue weighted by Gasteiger charge is -2.00. The Balaban J connectivity index is 1.67. The van der Waals surface area contributed by atoms with Gasteiger partial charge in [0, 0.05) is 32.0 Å². The maximum absolute atomic E-state index is 5.55. The van der Waals surface area contributed by atoms with Crippen LogP contribution in [-0.4, -0.2) is 37.0 Å². The van der Waals surface area contributed by atoms with Crippen molar-refractivity contribution in [1.29, 1.82) is 0 Å². The van der Waals surface area contributed by atoms with E-state index in [0.717, 1.165) is 52.7 Å². The average Bonchev–Trinajstić information content (AvgIpc) is 3.13. The average molecular weight is 303 g/mol. The van der Waals surface area contributed by atoms with Crippen molar-refractivity contribution >= 4 is 22.3 Å². The minimum Gasteiger partial charge on any atom is -0.464 e. The van der Waals surface area contributed by atoms with Crippen molar-refractivity contribution in [3.05, 3.63) is 35.5 Å². The van der Waals surface area contributed by atoms with Gasteiger partial charge in [0.05, 0.1) is 12.2 Å². The molecule has 1 aromatic carbocycles. The number of benzene rings is 1. The molecular formula is C15H17N3O2S. The number of furan rings is 1. The summed E-state index contributed by atoms with van der Waals surface area (Å²) in [6.45, 7) is 2.46. The van der Waals surface area contributed by atoms with Crippen molar-refractivity contribution in [3.8, 4) is 10.6 Å². The van der Waals surface area contributed by atoms with Gasteiger partial charge in [-0.15, -0.1) is 10.2 Å². The molecule has 5 nitrogen and oxygen atoms in total. The van der Waals surface area contributed by atoms with Crippen molar-refractivity contribution in [2.75, 3.05) is 26.8 Å². The van der Waals surface area contributed by atoms with Crippen LogP contribution in [0.25, 0.3) is 21.5 Å². The van der Waals surface area contributed by atoms with Crippen LogP contribution in [0.2, 0.25) is 0 Å². The number of para-hydroxylation sites is 1. The number of nitrogens with one attached hydrogen (secondary N) is 1. The molecule has 0 atom stereocenters. The molecule has 0 spiro atoms. The molecule has 110 valence electrons. The molecule has 21 heavy (non-hydrogen) atoms. The van der Waals surface area contributed by atoms with E-state index in [0.29, 0.717) is 0 Å². The van der Waals surface area contributed by atoms with Crippen molar-refractivity contribution in [1.82, 2.24) is 15.5 Å². The predicted octanol–water partition coefficient (Wildman–Crippen LogP) is 2.73. The maximum Gasteiger partial charge on any atom is 0.151 e. The number of aromatic nitrogens is 2. The third-order valence-corrected chi connectivity index (χ3v) is 4.19. The summed E-state index contributed by atoms with van der Waals surface area (Å²) in [5, 5.41) is 14.9. The fourth-order valence-corrected chi connectivity index (χ4v) is 2.96.